The molecule has 1 fully saturated rings. The minimum atomic E-state index is -0.361. The van der Waals surface area contributed by atoms with Gasteiger partial charge in [-0.25, -0.2) is 0 Å². The van der Waals surface area contributed by atoms with Crippen LogP contribution in [0.5, 0.6) is 0 Å². The van der Waals surface area contributed by atoms with E-state index in [0.717, 1.165) is 12.8 Å². The number of rotatable bonds is 5. The standard InChI is InChI=1S/C20H22N4O3/c1-2-15-3-5-17(6-4-15)22-19(26)18-13-16(7-8-21-18)20(27)24-11-9-23(14-25)10-12-24/h3-8,13-14H,2,9-12H2,1H3,(H,22,26). The Morgan fingerprint density at radius 2 is 1.81 bits per heavy atom. The maximum Gasteiger partial charge on any atom is 0.274 e. The smallest absolute Gasteiger partial charge is 0.274 e. The summed E-state index contributed by atoms with van der Waals surface area (Å²) < 4.78 is 0. The maximum atomic E-state index is 12.7. The Labute approximate surface area is 158 Å². The molecule has 1 saturated heterocycles. The first-order valence-corrected chi connectivity index (χ1v) is 8.95. The number of hydrogen-bond donors (Lipinski definition) is 1. The van der Waals surface area contributed by atoms with Crippen LogP contribution in [0.3, 0.4) is 0 Å². The SMILES string of the molecule is CCc1ccc(NC(=O)c2cc(C(=O)N3CCN(C=O)CC3)ccn2)cc1. The highest BCUT2D eigenvalue weighted by atomic mass is 16.2. The van der Waals surface area contributed by atoms with Crippen molar-refractivity contribution in [3.63, 3.8) is 0 Å². The molecule has 1 aliphatic rings. The summed E-state index contributed by atoms with van der Waals surface area (Å²) in [6.07, 6.45) is 3.19. The molecule has 1 aromatic heterocycles. The first-order chi connectivity index (χ1) is 13.1. The first-order valence-electron chi connectivity index (χ1n) is 8.95. The number of benzene rings is 1. The van der Waals surface area contributed by atoms with Gasteiger partial charge in [0.1, 0.15) is 5.69 Å². The van der Waals surface area contributed by atoms with Gasteiger partial charge >= 0.3 is 0 Å². The molecular formula is C20H22N4O3. The molecule has 1 aromatic carbocycles. The van der Waals surface area contributed by atoms with E-state index >= 15 is 0 Å². The van der Waals surface area contributed by atoms with Crippen molar-refractivity contribution in [2.24, 2.45) is 0 Å². The number of aromatic nitrogens is 1. The summed E-state index contributed by atoms with van der Waals surface area (Å²) in [4.78, 5) is 43.3. The molecule has 0 unspecified atom stereocenters. The molecule has 0 spiro atoms. The van der Waals surface area contributed by atoms with E-state index in [1.54, 1.807) is 15.9 Å². The van der Waals surface area contributed by atoms with Crippen LogP contribution in [0, 0.1) is 0 Å². The number of anilines is 1. The summed E-state index contributed by atoms with van der Waals surface area (Å²) >= 11 is 0. The number of aryl methyl sites for hydroxylation is 1. The largest absolute Gasteiger partial charge is 0.342 e. The zero-order valence-corrected chi connectivity index (χ0v) is 15.2. The molecular weight excluding hydrogens is 344 g/mol. The number of carbonyl (C=O) groups is 3. The number of hydrogen-bond acceptors (Lipinski definition) is 4. The van der Waals surface area contributed by atoms with Crippen molar-refractivity contribution in [1.82, 2.24) is 14.8 Å². The third-order valence-corrected chi connectivity index (χ3v) is 4.61. The Hall–Kier alpha value is -3.22. The van der Waals surface area contributed by atoms with Crippen molar-refractivity contribution in [2.45, 2.75) is 13.3 Å². The zero-order valence-electron chi connectivity index (χ0n) is 15.2. The van der Waals surface area contributed by atoms with E-state index in [0.29, 0.717) is 37.4 Å². The third-order valence-electron chi connectivity index (χ3n) is 4.61. The summed E-state index contributed by atoms with van der Waals surface area (Å²) in [5.74, 6) is -0.524. The van der Waals surface area contributed by atoms with Gasteiger partial charge in [-0.1, -0.05) is 19.1 Å². The minimum Gasteiger partial charge on any atom is -0.342 e. The molecule has 3 amide bonds. The van der Waals surface area contributed by atoms with Crippen LogP contribution in [0.25, 0.3) is 0 Å². The van der Waals surface area contributed by atoms with Gasteiger partial charge in [0.05, 0.1) is 0 Å². The monoisotopic (exact) mass is 366 g/mol. The second-order valence-electron chi connectivity index (χ2n) is 6.37. The van der Waals surface area contributed by atoms with Gasteiger partial charge in [-0.3, -0.25) is 19.4 Å². The van der Waals surface area contributed by atoms with E-state index in [2.05, 4.69) is 17.2 Å². The first kappa shape index (κ1) is 18.6. The fourth-order valence-corrected chi connectivity index (χ4v) is 2.92. The van der Waals surface area contributed by atoms with Crippen molar-refractivity contribution >= 4 is 23.9 Å². The molecule has 0 radical (unpaired) electrons. The van der Waals surface area contributed by atoms with Crippen LogP contribution < -0.4 is 5.32 Å². The molecule has 0 aliphatic carbocycles. The highest BCUT2D eigenvalue weighted by Crippen LogP contribution is 2.13. The molecule has 140 valence electrons. The Kier molecular flexibility index (Phi) is 5.80. The van der Waals surface area contributed by atoms with Crippen molar-refractivity contribution in [3.8, 4) is 0 Å². The van der Waals surface area contributed by atoms with E-state index in [1.807, 2.05) is 24.3 Å². The van der Waals surface area contributed by atoms with E-state index < -0.39 is 0 Å². The van der Waals surface area contributed by atoms with Crippen LogP contribution in [0.1, 0.15) is 33.3 Å². The minimum absolute atomic E-state index is 0.163. The van der Waals surface area contributed by atoms with Crippen LogP contribution in [0.2, 0.25) is 0 Å². The lowest BCUT2D eigenvalue weighted by Crippen LogP contribution is -2.48. The molecule has 27 heavy (non-hydrogen) atoms. The normalized spacial score (nSPS) is 14.0. The Morgan fingerprint density at radius 1 is 1.11 bits per heavy atom. The average molecular weight is 366 g/mol. The number of nitrogens with one attached hydrogen (secondary N) is 1. The Balaban J connectivity index is 1.68. The number of pyridine rings is 1. The number of carbonyl (C=O) groups excluding carboxylic acids is 3. The second kappa shape index (κ2) is 8.44. The number of nitrogens with zero attached hydrogens (tertiary/aromatic N) is 3. The van der Waals surface area contributed by atoms with Crippen LogP contribution in [-0.2, 0) is 11.2 Å². The van der Waals surface area contributed by atoms with Gasteiger partial charge in [-0.05, 0) is 36.2 Å². The van der Waals surface area contributed by atoms with Crippen LogP contribution in [-0.4, -0.2) is 59.2 Å². The summed E-state index contributed by atoms with van der Waals surface area (Å²) in [6, 6.07) is 10.7. The van der Waals surface area contributed by atoms with Gasteiger partial charge in [0.2, 0.25) is 6.41 Å². The van der Waals surface area contributed by atoms with Crippen molar-refractivity contribution < 1.29 is 14.4 Å². The lowest BCUT2D eigenvalue weighted by Gasteiger charge is -2.32. The van der Waals surface area contributed by atoms with Crippen molar-refractivity contribution in [2.75, 3.05) is 31.5 Å². The fraction of sp³-hybridized carbons (Fsp3) is 0.300. The average Bonchev–Trinajstić information content (AvgIpc) is 2.74. The summed E-state index contributed by atoms with van der Waals surface area (Å²) in [5, 5.41) is 2.80. The molecule has 2 aromatic rings. The predicted octanol–water partition coefficient (Wildman–Crippen LogP) is 1.81. The van der Waals surface area contributed by atoms with E-state index in [4.69, 9.17) is 0 Å². The molecule has 7 nitrogen and oxygen atoms in total. The molecule has 7 heteroatoms. The Bertz CT molecular complexity index is 827. The third kappa shape index (κ3) is 4.49. The molecule has 0 atom stereocenters. The topological polar surface area (TPSA) is 82.6 Å². The van der Waals surface area contributed by atoms with E-state index in [-0.39, 0.29) is 17.5 Å². The van der Waals surface area contributed by atoms with Crippen LogP contribution in [0.4, 0.5) is 5.69 Å². The molecule has 1 N–H and O–H groups in total. The summed E-state index contributed by atoms with van der Waals surface area (Å²) in [5.41, 5.74) is 2.47. The Morgan fingerprint density at radius 3 is 2.44 bits per heavy atom. The van der Waals surface area contributed by atoms with Crippen LogP contribution in [0.15, 0.2) is 42.6 Å². The zero-order chi connectivity index (χ0) is 19.2. The van der Waals surface area contributed by atoms with Crippen LogP contribution >= 0.6 is 0 Å². The number of amides is 3. The molecule has 2 heterocycles. The quantitative estimate of drug-likeness (QED) is 0.818. The van der Waals surface area contributed by atoms with Gasteiger partial charge < -0.3 is 15.1 Å². The van der Waals surface area contributed by atoms with E-state index in [9.17, 15) is 14.4 Å². The summed E-state index contributed by atoms with van der Waals surface area (Å²) in [7, 11) is 0. The second-order valence-corrected chi connectivity index (χ2v) is 6.37. The molecule has 3 rings (SSSR count). The summed E-state index contributed by atoms with van der Waals surface area (Å²) in [6.45, 7) is 4.05. The predicted molar refractivity (Wildman–Crippen MR) is 102 cm³/mol. The highest BCUT2D eigenvalue weighted by molar-refractivity contribution is 6.04. The highest BCUT2D eigenvalue weighted by Gasteiger charge is 2.22. The maximum absolute atomic E-state index is 12.7. The number of piperazine rings is 1. The van der Waals surface area contributed by atoms with Gasteiger partial charge in [0, 0.05) is 43.6 Å². The lowest BCUT2D eigenvalue weighted by molar-refractivity contribution is -0.119. The van der Waals surface area contributed by atoms with Gasteiger partial charge in [-0.2, -0.15) is 0 Å². The molecule has 0 saturated carbocycles. The van der Waals surface area contributed by atoms with Gasteiger partial charge in [-0.15, -0.1) is 0 Å². The fourth-order valence-electron chi connectivity index (χ4n) is 2.92. The van der Waals surface area contributed by atoms with Gasteiger partial charge in [0.15, 0.2) is 0 Å². The van der Waals surface area contributed by atoms with Crippen molar-refractivity contribution in [1.29, 1.82) is 0 Å². The van der Waals surface area contributed by atoms with Gasteiger partial charge in [0.25, 0.3) is 11.8 Å². The molecule has 0 bridgehead atoms. The lowest BCUT2D eigenvalue weighted by atomic mass is 10.1. The van der Waals surface area contributed by atoms with Crippen molar-refractivity contribution in [3.05, 3.63) is 59.4 Å². The molecule has 1 aliphatic heterocycles. The van der Waals surface area contributed by atoms with E-state index in [1.165, 1.54) is 17.8 Å².